The lowest BCUT2D eigenvalue weighted by molar-refractivity contribution is -0.132. The summed E-state index contributed by atoms with van der Waals surface area (Å²) in [5, 5.41) is 6.16. The Balaban J connectivity index is 1.18. The van der Waals surface area contributed by atoms with Crippen molar-refractivity contribution in [3.05, 3.63) is 82.7 Å². The molecule has 0 saturated carbocycles. The molecule has 5 rings (SSSR count). The zero-order valence-corrected chi connectivity index (χ0v) is 19.4. The second kappa shape index (κ2) is 9.68. The summed E-state index contributed by atoms with van der Waals surface area (Å²) >= 11 is 1.58. The van der Waals surface area contributed by atoms with Gasteiger partial charge in [-0.2, -0.15) is 4.98 Å². The Labute approximate surface area is 197 Å². The van der Waals surface area contributed by atoms with E-state index < -0.39 is 0 Å². The van der Waals surface area contributed by atoms with Crippen LogP contribution in [-0.2, 0) is 17.8 Å². The van der Waals surface area contributed by atoms with E-state index in [-0.39, 0.29) is 5.91 Å². The number of carbonyl (C=O) groups excluding carboxylic acids is 1. The van der Waals surface area contributed by atoms with Gasteiger partial charge in [0.2, 0.25) is 11.7 Å². The van der Waals surface area contributed by atoms with E-state index >= 15 is 0 Å². The summed E-state index contributed by atoms with van der Waals surface area (Å²) in [5.41, 5.74) is 4.44. The average molecular weight is 459 g/mol. The minimum absolute atomic E-state index is 0.213. The first kappa shape index (κ1) is 21.6. The summed E-state index contributed by atoms with van der Waals surface area (Å²) in [7, 11) is 0. The van der Waals surface area contributed by atoms with Gasteiger partial charge in [-0.05, 0) is 41.1 Å². The number of hydrogen-bond acceptors (Lipinski definition) is 6. The first-order valence-corrected chi connectivity index (χ1v) is 12.1. The van der Waals surface area contributed by atoms with Crippen LogP contribution in [0.3, 0.4) is 0 Å². The Hall–Kier alpha value is -3.29. The fraction of sp³-hybridized carbons (Fsp3) is 0.269. The highest BCUT2D eigenvalue weighted by atomic mass is 32.1. The highest BCUT2D eigenvalue weighted by molar-refractivity contribution is 7.13. The lowest BCUT2D eigenvalue weighted by Gasteiger charge is -2.35. The van der Waals surface area contributed by atoms with Crippen molar-refractivity contribution in [2.75, 3.05) is 26.2 Å². The number of hydrogen-bond donors (Lipinski definition) is 0. The molecule has 2 aromatic heterocycles. The van der Waals surface area contributed by atoms with Gasteiger partial charge in [0.1, 0.15) is 0 Å². The molecule has 7 heteroatoms. The van der Waals surface area contributed by atoms with Crippen LogP contribution in [0.5, 0.6) is 0 Å². The Kier molecular flexibility index (Phi) is 6.32. The molecule has 1 saturated heterocycles. The Bertz CT molecular complexity index is 1230. The molecule has 0 atom stereocenters. The van der Waals surface area contributed by atoms with Gasteiger partial charge >= 0.3 is 0 Å². The van der Waals surface area contributed by atoms with E-state index in [2.05, 4.69) is 40.2 Å². The van der Waals surface area contributed by atoms with Gasteiger partial charge in [0.05, 0.1) is 11.3 Å². The first-order valence-electron chi connectivity index (χ1n) is 11.2. The molecule has 0 aliphatic carbocycles. The summed E-state index contributed by atoms with van der Waals surface area (Å²) in [6.45, 7) is 6.16. The molecular formula is C26H26N4O2S. The molecule has 168 valence electrons. The second-order valence-electron chi connectivity index (χ2n) is 8.36. The third-order valence-electron chi connectivity index (χ3n) is 6.08. The van der Waals surface area contributed by atoms with E-state index in [1.54, 1.807) is 11.3 Å². The third-order valence-corrected chi connectivity index (χ3v) is 6.94. The van der Waals surface area contributed by atoms with Crippen molar-refractivity contribution in [1.82, 2.24) is 19.9 Å². The first-order chi connectivity index (χ1) is 16.2. The van der Waals surface area contributed by atoms with Crippen molar-refractivity contribution >= 4 is 17.2 Å². The zero-order chi connectivity index (χ0) is 22.6. The van der Waals surface area contributed by atoms with Crippen molar-refractivity contribution < 1.29 is 9.32 Å². The molecular weight excluding hydrogens is 432 g/mol. The van der Waals surface area contributed by atoms with E-state index in [0.717, 1.165) is 48.7 Å². The number of rotatable bonds is 6. The number of aromatic nitrogens is 2. The highest BCUT2D eigenvalue weighted by Crippen LogP contribution is 2.26. The number of amides is 1. The van der Waals surface area contributed by atoms with Gasteiger partial charge in [-0.1, -0.05) is 53.7 Å². The van der Waals surface area contributed by atoms with Gasteiger partial charge in [0.15, 0.2) is 0 Å². The van der Waals surface area contributed by atoms with Gasteiger partial charge in [-0.15, -0.1) is 11.3 Å². The molecule has 1 aliphatic rings. The molecule has 1 aliphatic heterocycles. The summed E-state index contributed by atoms with van der Waals surface area (Å²) < 4.78 is 5.44. The van der Waals surface area contributed by atoms with Crippen molar-refractivity contribution in [2.24, 2.45) is 0 Å². The molecule has 4 aromatic rings. The van der Waals surface area contributed by atoms with E-state index in [9.17, 15) is 4.79 Å². The van der Waals surface area contributed by atoms with Gasteiger partial charge in [-0.25, -0.2) is 0 Å². The third kappa shape index (κ3) is 5.05. The molecule has 0 radical (unpaired) electrons. The monoisotopic (exact) mass is 458 g/mol. The fourth-order valence-electron chi connectivity index (χ4n) is 4.15. The van der Waals surface area contributed by atoms with E-state index in [4.69, 9.17) is 4.52 Å². The van der Waals surface area contributed by atoms with Crippen LogP contribution in [0, 0.1) is 6.92 Å². The second-order valence-corrected chi connectivity index (χ2v) is 9.31. The van der Waals surface area contributed by atoms with E-state index in [1.807, 2.05) is 52.7 Å². The Morgan fingerprint density at radius 3 is 2.67 bits per heavy atom. The maximum atomic E-state index is 12.8. The molecule has 0 N–H and O–H groups in total. The number of carbonyl (C=O) groups is 1. The van der Waals surface area contributed by atoms with Gasteiger partial charge < -0.3 is 9.42 Å². The fourth-order valence-corrected chi connectivity index (χ4v) is 4.79. The van der Waals surface area contributed by atoms with Gasteiger partial charge in [-0.3, -0.25) is 9.69 Å². The number of aryl methyl sites for hydroxylation is 1. The average Bonchev–Trinajstić information content (AvgIpc) is 3.54. The predicted molar refractivity (Wildman–Crippen MR) is 130 cm³/mol. The minimum atomic E-state index is 0.213. The summed E-state index contributed by atoms with van der Waals surface area (Å²) in [6, 6.07) is 20.4. The van der Waals surface area contributed by atoms with Crippen LogP contribution in [0.2, 0.25) is 0 Å². The van der Waals surface area contributed by atoms with Gasteiger partial charge in [0, 0.05) is 38.3 Å². The molecule has 33 heavy (non-hydrogen) atoms. The Morgan fingerprint density at radius 1 is 1.03 bits per heavy atom. The quantitative estimate of drug-likeness (QED) is 0.421. The van der Waals surface area contributed by atoms with Crippen molar-refractivity contribution in [3.63, 3.8) is 0 Å². The molecule has 6 nitrogen and oxygen atoms in total. The SMILES string of the molecule is Cc1ccccc1CC(=O)N1CCN(Cc2cccc(-c3noc(-c4cccs4)n3)c2)CC1. The van der Waals surface area contributed by atoms with Crippen molar-refractivity contribution in [1.29, 1.82) is 0 Å². The summed E-state index contributed by atoms with van der Waals surface area (Å²) in [6.07, 6.45) is 0.479. The number of benzene rings is 2. The van der Waals surface area contributed by atoms with Crippen molar-refractivity contribution in [2.45, 2.75) is 19.9 Å². The van der Waals surface area contributed by atoms with Gasteiger partial charge in [0.25, 0.3) is 5.89 Å². The van der Waals surface area contributed by atoms with Crippen LogP contribution in [-0.4, -0.2) is 52.0 Å². The maximum absolute atomic E-state index is 12.8. The number of thiophene rings is 1. The molecule has 0 bridgehead atoms. The van der Waals surface area contributed by atoms with Crippen LogP contribution < -0.4 is 0 Å². The Morgan fingerprint density at radius 2 is 1.88 bits per heavy atom. The number of nitrogens with zero attached hydrogens (tertiary/aromatic N) is 4. The molecule has 2 aromatic carbocycles. The molecule has 0 spiro atoms. The highest BCUT2D eigenvalue weighted by Gasteiger charge is 2.22. The zero-order valence-electron chi connectivity index (χ0n) is 18.6. The molecule has 0 unspecified atom stereocenters. The van der Waals surface area contributed by atoms with Crippen LogP contribution >= 0.6 is 11.3 Å². The smallest absolute Gasteiger partial charge is 0.268 e. The summed E-state index contributed by atoms with van der Waals surface area (Å²) in [5.74, 6) is 1.37. The summed E-state index contributed by atoms with van der Waals surface area (Å²) in [4.78, 5) is 22.7. The molecule has 1 fully saturated rings. The molecule has 1 amide bonds. The lowest BCUT2D eigenvalue weighted by atomic mass is 10.1. The lowest BCUT2D eigenvalue weighted by Crippen LogP contribution is -2.48. The predicted octanol–water partition coefficient (Wildman–Crippen LogP) is 4.66. The minimum Gasteiger partial charge on any atom is -0.340 e. The molecule has 3 heterocycles. The van der Waals surface area contributed by atoms with Crippen LogP contribution in [0.15, 0.2) is 70.6 Å². The van der Waals surface area contributed by atoms with E-state index in [1.165, 1.54) is 11.1 Å². The maximum Gasteiger partial charge on any atom is 0.268 e. The number of piperazine rings is 1. The van der Waals surface area contributed by atoms with Crippen molar-refractivity contribution in [3.8, 4) is 22.2 Å². The van der Waals surface area contributed by atoms with Crippen LogP contribution in [0.4, 0.5) is 0 Å². The van der Waals surface area contributed by atoms with Crippen LogP contribution in [0.25, 0.3) is 22.2 Å². The van der Waals surface area contributed by atoms with E-state index in [0.29, 0.717) is 18.1 Å². The standard InChI is InChI=1S/C26H26N4O2S/c1-19-6-2-3-8-21(19)17-24(31)30-13-11-29(12-14-30)18-20-7-4-9-22(16-20)25-27-26(32-28-25)23-10-5-15-33-23/h2-10,15-16H,11-14,17-18H2,1H3. The largest absolute Gasteiger partial charge is 0.340 e. The normalized spacial score (nSPS) is 14.5. The van der Waals surface area contributed by atoms with Crippen LogP contribution in [0.1, 0.15) is 16.7 Å². The topological polar surface area (TPSA) is 62.5 Å².